The Morgan fingerprint density at radius 3 is 2.92 bits per heavy atom. The highest BCUT2D eigenvalue weighted by molar-refractivity contribution is 5.74. The summed E-state index contributed by atoms with van der Waals surface area (Å²) in [7, 11) is 0. The van der Waals surface area contributed by atoms with Crippen LogP contribution in [-0.2, 0) is 24.2 Å². The van der Waals surface area contributed by atoms with Gasteiger partial charge in [-0.15, -0.1) is 10.2 Å². The van der Waals surface area contributed by atoms with Gasteiger partial charge in [0.1, 0.15) is 5.82 Å². The fraction of sp³-hybridized carbons (Fsp3) is 0.833. The minimum absolute atomic E-state index is 0.0970. The van der Waals surface area contributed by atoms with Crippen LogP contribution in [0.15, 0.2) is 0 Å². The number of carbonyl (C=O) groups excluding carboxylic acids is 1. The second-order valence-corrected chi connectivity index (χ2v) is 7.64. The highest BCUT2D eigenvalue weighted by atomic mass is 16.5. The number of fused-ring (bicyclic) bond motifs is 1. The van der Waals surface area contributed by atoms with Crippen molar-refractivity contribution in [2.75, 3.05) is 6.61 Å². The first kappa shape index (κ1) is 16.8. The van der Waals surface area contributed by atoms with Crippen LogP contribution in [-0.4, -0.2) is 39.5 Å². The van der Waals surface area contributed by atoms with Gasteiger partial charge in [0.15, 0.2) is 5.82 Å². The molecule has 2 heterocycles. The Labute approximate surface area is 148 Å². The molecular weight excluding hydrogens is 318 g/mol. The van der Waals surface area contributed by atoms with Crippen molar-refractivity contribution in [2.45, 2.75) is 83.5 Å². The molecule has 1 aromatic heterocycles. The lowest BCUT2D eigenvalue weighted by atomic mass is 9.55. The SMILES string of the molecule is CCO[C@@H]1C[C@H](NC(=O)NCc2nnc3n2CCC3)C12CCCCC2. The number of aryl methyl sites for hydroxylation is 1. The van der Waals surface area contributed by atoms with E-state index < -0.39 is 0 Å². The van der Waals surface area contributed by atoms with Crippen molar-refractivity contribution in [3.8, 4) is 0 Å². The molecule has 0 unspecified atom stereocenters. The Kier molecular flexibility index (Phi) is 4.67. The number of carbonyl (C=O) groups is 1. The van der Waals surface area contributed by atoms with Crippen LogP contribution in [0.5, 0.6) is 0 Å². The molecule has 2 N–H and O–H groups in total. The van der Waals surface area contributed by atoms with Crippen molar-refractivity contribution in [2.24, 2.45) is 5.41 Å². The lowest BCUT2D eigenvalue weighted by Crippen LogP contribution is -2.66. The molecule has 1 spiro atoms. The van der Waals surface area contributed by atoms with Crippen LogP contribution in [0, 0.1) is 5.41 Å². The van der Waals surface area contributed by atoms with Crippen LogP contribution in [0.4, 0.5) is 4.79 Å². The lowest BCUT2D eigenvalue weighted by molar-refractivity contribution is -0.146. The van der Waals surface area contributed by atoms with E-state index in [-0.39, 0.29) is 17.5 Å². The van der Waals surface area contributed by atoms with E-state index in [4.69, 9.17) is 4.74 Å². The van der Waals surface area contributed by atoms with Gasteiger partial charge in [-0.1, -0.05) is 19.3 Å². The third kappa shape index (κ3) is 3.03. The van der Waals surface area contributed by atoms with E-state index in [0.717, 1.165) is 44.1 Å². The molecule has 2 saturated carbocycles. The molecule has 3 aliphatic rings. The van der Waals surface area contributed by atoms with E-state index in [1.807, 2.05) is 0 Å². The number of ether oxygens (including phenoxy) is 1. The maximum Gasteiger partial charge on any atom is 0.315 e. The van der Waals surface area contributed by atoms with Gasteiger partial charge in [0.25, 0.3) is 0 Å². The van der Waals surface area contributed by atoms with Gasteiger partial charge in [-0.25, -0.2) is 4.79 Å². The smallest absolute Gasteiger partial charge is 0.315 e. The number of rotatable bonds is 5. The van der Waals surface area contributed by atoms with Crippen LogP contribution < -0.4 is 10.6 Å². The predicted molar refractivity (Wildman–Crippen MR) is 93.1 cm³/mol. The summed E-state index contributed by atoms with van der Waals surface area (Å²) in [5, 5.41) is 14.6. The minimum Gasteiger partial charge on any atom is -0.378 e. The van der Waals surface area contributed by atoms with Crippen molar-refractivity contribution >= 4 is 6.03 Å². The molecule has 0 radical (unpaired) electrons. The summed E-state index contributed by atoms with van der Waals surface area (Å²) < 4.78 is 8.08. The van der Waals surface area contributed by atoms with Crippen molar-refractivity contribution in [1.82, 2.24) is 25.4 Å². The topological polar surface area (TPSA) is 81.1 Å². The molecule has 138 valence electrons. The molecule has 2 atom stereocenters. The zero-order valence-electron chi connectivity index (χ0n) is 15.1. The quantitative estimate of drug-likeness (QED) is 0.855. The van der Waals surface area contributed by atoms with Crippen molar-refractivity contribution in [3.05, 3.63) is 11.6 Å². The Morgan fingerprint density at radius 2 is 2.12 bits per heavy atom. The largest absolute Gasteiger partial charge is 0.378 e. The van der Waals surface area contributed by atoms with Crippen LogP contribution in [0.3, 0.4) is 0 Å². The van der Waals surface area contributed by atoms with Crippen LogP contribution in [0.2, 0.25) is 0 Å². The van der Waals surface area contributed by atoms with E-state index in [2.05, 4.69) is 32.3 Å². The monoisotopic (exact) mass is 347 g/mol. The first-order valence-electron chi connectivity index (χ1n) is 9.80. The van der Waals surface area contributed by atoms with Crippen molar-refractivity contribution in [1.29, 1.82) is 0 Å². The Bertz CT molecular complexity index is 623. The highest BCUT2D eigenvalue weighted by Crippen LogP contribution is 2.53. The van der Waals surface area contributed by atoms with E-state index in [9.17, 15) is 4.79 Å². The molecule has 7 nitrogen and oxygen atoms in total. The molecule has 2 amide bonds. The first-order valence-corrected chi connectivity index (χ1v) is 9.80. The highest BCUT2D eigenvalue weighted by Gasteiger charge is 2.56. The number of aromatic nitrogens is 3. The number of nitrogens with one attached hydrogen (secondary N) is 2. The molecule has 2 fully saturated rings. The fourth-order valence-electron chi connectivity index (χ4n) is 4.98. The third-order valence-electron chi connectivity index (χ3n) is 6.34. The number of hydrogen-bond acceptors (Lipinski definition) is 4. The zero-order chi connectivity index (χ0) is 17.3. The lowest BCUT2D eigenvalue weighted by Gasteiger charge is -2.57. The minimum atomic E-state index is -0.0970. The molecule has 2 aliphatic carbocycles. The average Bonchev–Trinajstić information content (AvgIpc) is 3.24. The van der Waals surface area contributed by atoms with Crippen molar-refractivity contribution in [3.63, 3.8) is 0 Å². The Hall–Kier alpha value is -1.63. The maximum atomic E-state index is 12.4. The first-order chi connectivity index (χ1) is 12.2. The molecule has 4 rings (SSSR count). The summed E-state index contributed by atoms with van der Waals surface area (Å²) in [6.07, 6.45) is 9.48. The van der Waals surface area contributed by atoms with Crippen LogP contribution in [0.1, 0.15) is 63.5 Å². The molecular formula is C18H29N5O2. The predicted octanol–water partition coefficient (Wildman–Crippen LogP) is 2.15. The van der Waals surface area contributed by atoms with E-state index in [0.29, 0.717) is 12.6 Å². The van der Waals surface area contributed by atoms with Gasteiger partial charge in [0.2, 0.25) is 0 Å². The number of nitrogens with zero attached hydrogens (tertiary/aromatic N) is 3. The molecule has 0 aromatic carbocycles. The summed E-state index contributed by atoms with van der Waals surface area (Å²) in [5.41, 5.74) is 0.154. The van der Waals surface area contributed by atoms with E-state index in [1.54, 1.807) is 0 Å². The fourth-order valence-corrected chi connectivity index (χ4v) is 4.98. The normalized spacial score (nSPS) is 26.9. The second-order valence-electron chi connectivity index (χ2n) is 7.64. The van der Waals surface area contributed by atoms with E-state index >= 15 is 0 Å². The van der Waals surface area contributed by atoms with Gasteiger partial charge in [-0.05, 0) is 32.6 Å². The molecule has 1 aliphatic heterocycles. The van der Waals surface area contributed by atoms with E-state index in [1.165, 1.54) is 32.1 Å². The average molecular weight is 347 g/mol. The Balaban J connectivity index is 1.32. The van der Waals surface area contributed by atoms with Gasteiger partial charge < -0.3 is 19.9 Å². The third-order valence-corrected chi connectivity index (χ3v) is 6.34. The number of urea groups is 1. The van der Waals surface area contributed by atoms with Crippen LogP contribution >= 0.6 is 0 Å². The molecule has 0 saturated heterocycles. The van der Waals surface area contributed by atoms with Gasteiger partial charge in [0.05, 0.1) is 12.6 Å². The van der Waals surface area contributed by atoms with Gasteiger partial charge in [0, 0.05) is 31.0 Å². The summed E-state index contributed by atoms with van der Waals surface area (Å²) in [6, 6.07) is 0.133. The van der Waals surface area contributed by atoms with Crippen molar-refractivity contribution < 1.29 is 9.53 Å². The second kappa shape index (κ2) is 6.94. The molecule has 7 heteroatoms. The summed E-state index contributed by atoms with van der Waals surface area (Å²) in [5.74, 6) is 1.90. The van der Waals surface area contributed by atoms with Gasteiger partial charge in [-0.3, -0.25) is 0 Å². The number of hydrogen-bond donors (Lipinski definition) is 2. The zero-order valence-corrected chi connectivity index (χ0v) is 15.1. The van der Waals surface area contributed by atoms with Crippen LogP contribution in [0.25, 0.3) is 0 Å². The Morgan fingerprint density at radius 1 is 1.28 bits per heavy atom. The molecule has 1 aromatic rings. The van der Waals surface area contributed by atoms with Gasteiger partial charge >= 0.3 is 6.03 Å². The molecule has 0 bridgehead atoms. The molecule has 25 heavy (non-hydrogen) atoms. The maximum absolute atomic E-state index is 12.4. The number of amides is 2. The van der Waals surface area contributed by atoms with Gasteiger partial charge in [-0.2, -0.15) is 0 Å². The standard InChI is InChI=1S/C18H29N5O2/c1-2-25-14-11-13(18(14)8-4-3-5-9-18)20-17(24)19-12-16-22-21-15-7-6-10-23(15)16/h13-14H,2-12H2,1H3,(H2,19,20,24)/t13-,14+/m0/s1. The summed E-state index contributed by atoms with van der Waals surface area (Å²) >= 11 is 0. The summed E-state index contributed by atoms with van der Waals surface area (Å²) in [4.78, 5) is 12.4. The summed E-state index contributed by atoms with van der Waals surface area (Å²) in [6.45, 7) is 4.21.